The highest BCUT2D eigenvalue weighted by molar-refractivity contribution is 5.31. The molecule has 0 aliphatic carbocycles. The van der Waals surface area contributed by atoms with Crippen molar-refractivity contribution in [1.29, 1.82) is 0 Å². The summed E-state index contributed by atoms with van der Waals surface area (Å²) in [6, 6.07) is 13.9. The fourth-order valence-corrected chi connectivity index (χ4v) is 2.08. The Kier molecular flexibility index (Phi) is 5.64. The number of aryl methyl sites for hydroxylation is 2. The summed E-state index contributed by atoms with van der Waals surface area (Å²) in [6.45, 7) is 5.94. The average Bonchev–Trinajstić information content (AvgIpc) is 2.49. The van der Waals surface area contributed by atoms with Crippen molar-refractivity contribution in [2.24, 2.45) is 0 Å². The molecule has 0 saturated carbocycles. The van der Waals surface area contributed by atoms with Crippen LogP contribution in [0, 0.1) is 13.8 Å². The lowest BCUT2D eigenvalue weighted by atomic mass is 10.1. The summed E-state index contributed by atoms with van der Waals surface area (Å²) >= 11 is 0. The van der Waals surface area contributed by atoms with Gasteiger partial charge in [0.15, 0.2) is 0 Å². The van der Waals surface area contributed by atoms with Crippen molar-refractivity contribution in [2.75, 3.05) is 20.3 Å². The molecule has 0 bridgehead atoms. The monoisotopic (exact) mass is 286 g/mol. The van der Waals surface area contributed by atoms with Crippen molar-refractivity contribution in [3.8, 4) is 11.5 Å². The van der Waals surface area contributed by atoms with Crippen LogP contribution in [0.5, 0.6) is 11.5 Å². The number of benzene rings is 2. The molecule has 0 amide bonds. The number of rotatable bonds is 7. The summed E-state index contributed by atoms with van der Waals surface area (Å²) in [5.41, 5.74) is 3.77. The van der Waals surface area contributed by atoms with E-state index in [9.17, 15) is 0 Å². The summed E-state index contributed by atoms with van der Waals surface area (Å²) in [4.78, 5) is 0. The first-order chi connectivity index (χ1) is 10.2. The van der Waals surface area contributed by atoms with E-state index in [2.05, 4.69) is 32.0 Å². The van der Waals surface area contributed by atoms with Crippen molar-refractivity contribution in [2.45, 2.75) is 20.5 Å². The van der Waals surface area contributed by atoms with Gasteiger partial charge in [0, 0.05) is 0 Å². The van der Waals surface area contributed by atoms with E-state index >= 15 is 0 Å². The van der Waals surface area contributed by atoms with Gasteiger partial charge in [0.2, 0.25) is 0 Å². The lowest BCUT2D eigenvalue weighted by Gasteiger charge is -2.09. The van der Waals surface area contributed by atoms with Gasteiger partial charge >= 0.3 is 0 Å². The van der Waals surface area contributed by atoms with Gasteiger partial charge in [0.25, 0.3) is 0 Å². The molecule has 3 heteroatoms. The van der Waals surface area contributed by atoms with Gasteiger partial charge < -0.3 is 14.2 Å². The minimum atomic E-state index is 0.539. The smallest absolute Gasteiger partial charge is 0.119 e. The quantitative estimate of drug-likeness (QED) is 0.722. The third kappa shape index (κ3) is 4.80. The maximum absolute atomic E-state index is 5.66. The van der Waals surface area contributed by atoms with Gasteiger partial charge in [-0.05, 0) is 49.2 Å². The number of hydrogen-bond acceptors (Lipinski definition) is 3. The predicted octanol–water partition coefficient (Wildman–Crippen LogP) is 3.91. The lowest BCUT2D eigenvalue weighted by molar-refractivity contribution is 0.0886. The maximum atomic E-state index is 5.66. The molecule has 0 aromatic heterocycles. The van der Waals surface area contributed by atoms with Crippen LogP contribution in [0.15, 0.2) is 42.5 Å². The highest BCUT2D eigenvalue weighted by atomic mass is 16.5. The fourth-order valence-electron chi connectivity index (χ4n) is 2.08. The average molecular weight is 286 g/mol. The van der Waals surface area contributed by atoms with Crippen LogP contribution in [-0.4, -0.2) is 20.3 Å². The molecule has 0 atom stereocenters. The predicted molar refractivity (Wildman–Crippen MR) is 84.1 cm³/mol. The molecule has 0 heterocycles. The second-order valence-corrected chi connectivity index (χ2v) is 5.01. The molecule has 2 aromatic carbocycles. The second-order valence-electron chi connectivity index (χ2n) is 5.01. The van der Waals surface area contributed by atoms with Crippen LogP contribution in [0.3, 0.4) is 0 Å². The van der Waals surface area contributed by atoms with Gasteiger partial charge in [0.1, 0.15) is 18.1 Å². The van der Waals surface area contributed by atoms with Gasteiger partial charge in [-0.15, -0.1) is 0 Å². The molecule has 0 radical (unpaired) electrons. The van der Waals surface area contributed by atoms with E-state index < -0.39 is 0 Å². The largest absolute Gasteiger partial charge is 0.497 e. The minimum absolute atomic E-state index is 0.539. The Morgan fingerprint density at radius 3 is 2.24 bits per heavy atom. The van der Waals surface area contributed by atoms with E-state index in [4.69, 9.17) is 14.2 Å². The molecule has 2 aromatic rings. The molecule has 21 heavy (non-hydrogen) atoms. The molecule has 0 fully saturated rings. The summed E-state index contributed by atoms with van der Waals surface area (Å²) < 4.78 is 16.4. The SMILES string of the molecule is COc1ccc(OCCOCc2ccc(C)cc2C)cc1. The molecule has 2 rings (SSSR count). The Balaban J connectivity index is 1.69. The van der Waals surface area contributed by atoms with Crippen LogP contribution in [0.4, 0.5) is 0 Å². The molecular weight excluding hydrogens is 264 g/mol. The molecule has 0 N–H and O–H groups in total. The zero-order chi connectivity index (χ0) is 15.1. The Labute approximate surface area is 126 Å². The van der Waals surface area contributed by atoms with Crippen LogP contribution in [0.2, 0.25) is 0 Å². The number of methoxy groups -OCH3 is 1. The number of ether oxygens (including phenoxy) is 3. The van der Waals surface area contributed by atoms with Crippen LogP contribution >= 0.6 is 0 Å². The second kappa shape index (κ2) is 7.70. The van der Waals surface area contributed by atoms with E-state index in [1.165, 1.54) is 16.7 Å². The lowest BCUT2D eigenvalue weighted by Crippen LogP contribution is -2.07. The van der Waals surface area contributed by atoms with Gasteiger partial charge in [0.05, 0.1) is 20.3 Å². The van der Waals surface area contributed by atoms with Crippen molar-refractivity contribution in [3.05, 3.63) is 59.2 Å². The van der Waals surface area contributed by atoms with Gasteiger partial charge in [-0.3, -0.25) is 0 Å². The molecule has 0 spiro atoms. The fraction of sp³-hybridized carbons (Fsp3) is 0.333. The Hall–Kier alpha value is -2.00. The highest BCUT2D eigenvalue weighted by Crippen LogP contribution is 2.17. The van der Waals surface area contributed by atoms with Gasteiger partial charge in [-0.1, -0.05) is 23.8 Å². The zero-order valence-corrected chi connectivity index (χ0v) is 12.9. The van der Waals surface area contributed by atoms with Crippen LogP contribution in [0.25, 0.3) is 0 Å². The van der Waals surface area contributed by atoms with Gasteiger partial charge in [-0.25, -0.2) is 0 Å². The molecule has 0 unspecified atom stereocenters. The third-order valence-corrected chi connectivity index (χ3v) is 3.31. The van der Waals surface area contributed by atoms with E-state index in [1.54, 1.807) is 7.11 Å². The highest BCUT2D eigenvalue weighted by Gasteiger charge is 1.99. The van der Waals surface area contributed by atoms with Crippen molar-refractivity contribution in [1.82, 2.24) is 0 Å². The minimum Gasteiger partial charge on any atom is -0.497 e. The third-order valence-electron chi connectivity index (χ3n) is 3.31. The molecule has 3 nitrogen and oxygen atoms in total. The normalized spacial score (nSPS) is 10.4. The Bertz CT molecular complexity index is 561. The van der Waals surface area contributed by atoms with E-state index in [0.717, 1.165) is 11.5 Å². The first kappa shape index (κ1) is 15.4. The zero-order valence-electron chi connectivity index (χ0n) is 12.9. The first-order valence-electron chi connectivity index (χ1n) is 7.10. The Morgan fingerprint density at radius 2 is 1.57 bits per heavy atom. The summed E-state index contributed by atoms with van der Waals surface area (Å²) in [5, 5.41) is 0. The van der Waals surface area contributed by atoms with Crippen molar-refractivity contribution < 1.29 is 14.2 Å². The van der Waals surface area contributed by atoms with E-state index in [1.807, 2.05) is 24.3 Å². The molecule has 112 valence electrons. The standard InChI is InChI=1S/C18H22O3/c1-14-4-5-16(15(2)12-14)13-20-10-11-21-18-8-6-17(19-3)7-9-18/h4-9,12H,10-11,13H2,1-3H3. The van der Waals surface area contributed by atoms with Gasteiger partial charge in [-0.2, -0.15) is 0 Å². The Morgan fingerprint density at radius 1 is 0.857 bits per heavy atom. The molecule has 0 saturated heterocycles. The molecular formula is C18H22O3. The van der Waals surface area contributed by atoms with Crippen LogP contribution in [-0.2, 0) is 11.3 Å². The van der Waals surface area contributed by atoms with Crippen molar-refractivity contribution >= 4 is 0 Å². The van der Waals surface area contributed by atoms with Crippen LogP contribution in [0.1, 0.15) is 16.7 Å². The van der Waals surface area contributed by atoms with E-state index in [-0.39, 0.29) is 0 Å². The summed E-state index contributed by atoms with van der Waals surface area (Å²) in [7, 11) is 1.65. The first-order valence-corrected chi connectivity index (χ1v) is 7.10. The summed E-state index contributed by atoms with van der Waals surface area (Å²) in [5.74, 6) is 1.65. The maximum Gasteiger partial charge on any atom is 0.119 e. The van der Waals surface area contributed by atoms with Crippen molar-refractivity contribution in [3.63, 3.8) is 0 Å². The molecule has 0 aliphatic rings. The van der Waals surface area contributed by atoms with E-state index in [0.29, 0.717) is 19.8 Å². The summed E-state index contributed by atoms with van der Waals surface area (Å²) in [6.07, 6.45) is 0. The number of hydrogen-bond donors (Lipinski definition) is 0. The molecule has 0 aliphatic heterocycles. The topological polar surface area (TPSA) is 27.7 Å². The van der Waals surface area contributed by atoms with Crippen LogP contribution < -0.4 is 9.47 Å².